The summed E-state index contributed by atoms with van der Waals surface area (Å²) in [6.45, 7) is -3.45. The number of aryl methyl sites for hydroxylation is 1. The molecule has 1 fully saturated rings. The average Bonchev–Trinajstić information content (AvgIpc) is 3.37. The molecule has 1 saturated heterocycles. The summed E-state index contributed by atoms with van der Waals surface area (Å²) in [5, 5.41) is 20.1. The summed E-state index contributed by atoms with van der Waals surface area (Å²) < 4.78 is 18.9. The van der Waals surface area contributed by atoms with Crippen molar-refractivity contribution in [3.8, 4) is 0 Å². The van der Waals surface area contributed by atoms with Gasteiger partial charge >= 0.3 is 12.4 Å². The number of aliphatic hydroxyl groups is 2. The molecule has 16 nitrogen and oxygen atoms in total. The summed E-state index contributed by atoms with van der Waals surface area (Å²) in [5.74, 6) is -0.126. The van der Waals surface area contributed by atoms with Gasteiger partial charge in [0.05, 0.1) is 32.2 Å². The predicted octanol–water partition coefficient (Wildman–Crippen LogP) is -2.18. The predicted molar refractivity (Wildman–Crippen MR) is 128 cm³/mol. The highest BCUT2D eigenvalue weighted by Crippen LogP contribution is 2.46. The van der Waals surface area contributed by atoms with Gasteiger partial charge in [0.15, 0.2) is 11.2 Å². The van der Waals surface area contributed by atoms with Crippen molar-refractivity contribution in [3.05, 3.63) is 49.3 Å². The van der Waals surface area contributed by atoms with Crippen molar-refractivity contribution < 1.29 is 28.9 Å². The minimum Gasteiger partial charge on any atom is -0.394 e. The highest BCUT2D eigenvalue weighted by molar-refractivity contribution is 8.07. The Hall–Kier alpha value is -2.76. The van der Waals surface area contributed by atoms with Crippen molar-refractivity contribution in [1.82, 2.24) is 29.1 Å². The van der Waals surface area contributed by atoms with Gasteiger partial charge in [-0.05, 0) is 18.7 Å². The molecule has 0 amide bonds. The lowest BCUT2D eigenvalue weighted by atomic mass is 10.2. The first-order chi connectivity index (χ1) is 17.0. The van der Waals surface area contributed by atoms with E-state index in [0.717, 1.165) is 4.57 Å². The number of nitrogens with two attached hydrogens (primary N) is 1. The molecule has 5 atom stereocenters. The molecule has 0 bridgehead atoms. The maximum Gasteiger partial charge on any atom is 0.330 e. The fraction of sp³-hybridized carbons (Fsp3) is 0.500. The van der Waals surface area contributed by atoms with Crippen LogP contribution in [0.4, 0.5) is 5.95 Å². The number of aliphatic hydroxyl groups excluding tert-OH is 2. The highest BCUT2D eigenvalue weighted by atomic mass is 32.5. The van der Waals surface area contributed by atoms with Crippen LogP contribution >= 0.6 is 6.72 Å². The Kier molecular flexibility index (Phi) is 7.53. The second-order valence-electron chi connectivity index (χ2n) is 8.11. The van der Waals surface area contributed by atoms with Gasteiger partial charge in [-0.2, -0.15) is 4.98 Å². The molecular formula is C18H24N7O9PS. The lowest BCUT2D eigenvalue weighted by Gasteiger charge is -2.24. The van der Waals surface area contributed by atoms with Crippen molar-refractivity contribution in [2.45, 2.75) is 44.4 Å². The molecule has 18 heteroatoms. The smallest absolute Gasteiger partial charge is 0.330 e. The van der Waals surface area contributed by atoms with Gasteiger partial charge in [0.25, 0.3) is 11.1 Å². The van der Waals surface area contributed by atoms with Crippen molar-refractivity contribution in [2.24, 2.45) is 0 Å². The van der Waals surface area contributed by atoms with E-state index in [9.17, 15) is 29.5 Å². The maximum absolute atomic E-state index is 12.1. The van der Waals surface area contributed by atoms with E-state index in [0.29, 0.717) is 0 Å². The van der Waals surface area contributed by atoms with Crippen LogP contribution in [-0.2, 0) is 32.1 Å². The molecule has 0 radical (unpaired) electrons. The van der Waals surface area contributed by atoms with E-state index in [1.165, 1.54) is 24.0 Å². The van der Waals surface area contributed by atoms with Gasteiger partial charge in [0.1, 0.15) is 18.4 Å². The SMILES string of the molecule is Cc1cn(C2CC(O)C(COP(O)(=S)OC(CO)Cn3cnc4c(=O)[nH]c(N)nc43)O2)c(=O)[nH]c1=O. The number of ether oxygens (including phenoxy) is 1. The summed E-state index contributed by atoms with van der Waals surface area (Å²) in [6.07, 6.45) is -1.33. The third-order valence-electron chi connectivity index (χ3n) is 5.44. The van der Waals surface area contributed by atoms with E-state index in [-0.39, 0.29) is 42.2 Å². The third-order valence-corrected chi connectivity index (χ3v) is 7.06. The van der Waals surface area contributed by atoms with Gasteiger partial charge in [-0.3, -0.25) is 24.1 Å². The molecule has 7 N–H and O–H groups in total. The molecule has 36 heavy (non-hydrogen) atoms. The van der Waals surface area contributed by atoms with E-state index in [1.54, 1.807) is 0 Å². The number of aromatic amines is 2. The molecule has 4 heterocycles. The van der Waals surface area contributed by atoms with Crippen LogP contribution in [0.2, 0.25) is 0 Å². The molecule has 0 saturated carbocycles. The zero-order valence-electron chi connectivity index (χ0n) is 18.8. The summed E-state index contributed by atoms with van der Waals surface area (Å²) in [6, 6.07) is 0. The third kappa shape index (κ3) is 5.63. The molecule has 0 spiro atoms. The van der Waals surface area contributed by atoms with Crippen LogP contribution in [0.1, 0.15) is 18.2 Å². The molecule has 0 aliphatic carbocycles. The summed E-state index contributed by atoms with van der Waals surface area (Å²) in [4.78, 5) is 58.6. The molecule has 1 aliphatic rings. The molecule has 1 aliphatic heterocycles. The van der Waals surface area contributed by atoms with E-state index < -0.39 is 54.7 Å². The highest BCUT2D eigenvalue weighted by Gasteiger charge is 2.37. The monoisotopic (exact) mass is 545 g/mol. The van der Waals surface area contributed by atoms with Gasteiger partial charge in [-0.15, -0.1) is 0 Å². The van der Waals surface area contributed by atoms with E-state index in [4.69, 9.17) is 31.3 Å². The lowest BCUT2D eigenvalue weighted by Crippen LogP contribution is -2.33. The number of nitrogens with one attached hydrogen (secondary N) is 2. The number of hydrogen-bond acceptors (Lipinski definition) is 12. The van der Waals surface area contributed by atoms with Crippen LogP contribution in [0.5, 0.6) is 0 Å². The standard InChI is InChI=1S/C18H24N7O9PS/c1-8-3-25(18(30)23-15(8)28)12-2-10(27)11(33-12)6-32-35(31,36)34-9(5-26)4-24-7-20-13-14(24)21-17(19)22-16(13)29/h3,7,9-12,26-27H,2,4-6H2,1H3,(H,31,36)(H,23,28,30)(H3,19,21,22,29). The molecule has 5 unspecified atom stereocenters. The van der Waals surface area contributed by atoms with Crippen LogP contribution in [-0.4, -0.2) is 75.7 Å². The van der Waals surface area contributed by atoms with Gasteiger partial charge in [0.2, 0.25) is 5.95 Å². The Morgan fingerprint density at radius 2 is 2.11 bits per heavy atom. The molecule has 3 aromatic rings. The first-order valence-corrected chi connectivity index (χ1v) is 13.2. The Labute approximate surface area is 206 Å². The number of rotatable bonds is 9. The van der Waals surface area contributed by atoms with Crippen LogP contribution in [0.15, 0.2) is 26.9 Å². The molecule has 196 valence electrons. The van der Waals surface area contributed by atoms with E-state index >= 15 is 0 Å². The van der Waals surface area contributed by atoms with Crippen molar-refractivity contribution >= 4 is 35.6 Å². The Morgan fingerprint density at radius 1 is 1.36 bits per heavy atom. The second-order valence-corrected chi connectivity index (χ2v) is 10.9. The van der Waals surface area contributed by atoms with Gasteiger partial charge in [-0.1, -0.05) is 0 Å². The number of H-pyrrole nitrogens is 2. The number of nitrogen functional groups attached to an aromatic ring is 1. The minimum atomic E-state index is -3.94. The van der Waals surface area contributed by atoms with Crippen LogP contribution in [0, 0.1) is 6.92 Å². The second kappa shape index (κ2) is 10.3. The summed E-state index contributed by atoms with van der Waals surface area (Å²) in [5.41, 5.74) is 4.26. The minimum absolute atomic E-state index is 0.0246. The topological polar surface area (TPSA) is 233 Å². The number of nitrogens with zero attached hydrogens (tertiary/aromatic N) is 4. The molecule has 0 aromatic carbocycles. The van der Waals surface area contributed by atoms with Gasteiger partial charge in [-0.25, -0.2) is 9.78 Å². The lowest BCUT2D eigenvalue weighted by molar-refractivity contribution is -0.0456. The fourth-order valence-electron chi connectivity index (χ4n) is 3.67. The number of fused-ring (bicyclic) bond motifs is 1. The van der Waals surface area contributed by atoms with Gasteiger partial charge < -0.3 is 39.2 Å². The maximum atomic E-state index is 12.1. The van der Waals surface area contributed by atoms with E-state index in [2.05, 4.69) is 19.9 Å². The van der Waals surface area contributed by atoms with Crippen molar-refractivity contribution in [2.75, 3.05) is 18.9 Å². The number of aromatic nitrogens is 6. The van der Waals surface area contributed by atoms with Crippen LogP contribution in [0.25, 0.3) is 11.2 Å². The summed E-state index contributed by atoms with van der Waals surface area (Å²) in [7, 11) is 0. The number of hydrogen-bond donors (Lipinski definition) is 6. The molecular weight excluding hydrogens is 521 g/mol. The van der Waals surface area contributed by atoms with Crippen molar-refractivity contribution in [3.63, 3.8) is 0 Å². The van der Waals surface area contributed by atoms with Gasteiger partial charge in [0, 0.05) is 18.2 Å². The van der Waals surface area contributed by atoms with E-state index in [1.807, 2.05) is 0 Å². The zero-order chi connectivity index (χ0) is 26.2. The van der Waals surface area contributed by atoms with Crippen LogP contribution in [0.3, 0.4) is 0 Å². The first-order valence-electron chi connectivity index (χ1n) is 10.6. The number of anilines is 1. The Bertz CT molecular complexity index is 1480. The Morgan fingerprint density at radius 3 is 2.83 bits per heavy atom. The summed E-state index contributed by atoms with van der Waals surface area (Å²) >= 11 is 5.03. The normalized spacial score (nSPS) is 22.6. The molecule has 3 aromatic heterocycles. The number of imidazole rings is 1. The average molecular weight is 545 g/mol. The molecule has 4 rings (SSSR count). The first kappa shape index (κ1) is 26.3. The Balaban J connectivity index is 1.39. The zero-order valence-corrected chi connectivity index (χ0v) is 20.5. The van der Waals surface area contributed by atoms with Crippen molar-refractivity contribution in [1.29, 1.82) is 0 Å². The fourth-order valence-corrected chi connectivity index (χ4v) is 5.12. The van der Waals surface area contributed by atoms with Crippen LogP contribution < -0.4 is 22.5 Å². The largest absolute Gasteiger partial charge is 0.394 e. The quantitative estimate of drug-likeness (QED) is 0.157.